The van der Waals surface area contributed by atoms with Crippen molar-refractivity contribution >= 4 is 0 Å². The Morgan fingerprint density at radius 2 is 2.00 bits per heavy atom. The van der Waals surface area contributed by atoms with Crippen molar-refractivity contribution in [2.75, 3.05) is 6.54 Å². The third-order valence-corrected chi connectivity index (χ3v) is 3.67. The SMILES string of the molecule is CC(C)c1cc(CC2CCCCN2)c(F)cc1F. The van der Waals surface area contributed by atoms with Crippen molar-refractivity contribution < 1.29 is 8.78 Å². The van der Waals surface area contributed by atoms with E-state index < -0.39 is 11.6 Å². The van der Waals surface area contributed by atoms with Crippen LogP contribution < -0.4 is 5.32 Å². The maximum absolute atomic E-state index is 13.8. The zero-order valence-electron chi connectivity index (χ0n) is 11.1. The molecular weight excluding hydrogens is 232 g/mol. The Bertz CT molecular complexity index is 409. The van der Waals surface area contributed by atoms with Crippen LogP contribution in [0.3, 0.4) is 0 Å². The summed E-state index contributed by atoms with van der Waals surface area (Å²) in [5, 5.41) is 3.40. The summed E-state index contributed by atoms with van der Waals surface area (Å²) >= 11 is 0. The number of hydrogen-bond donors (Lipinski definition) is 1. The maximum Gasteiger partial charge on any atom is 0.129 e. The van der Waals surface area contributed by atoms with Crippen LogP contribution in [0.25, 0.3) is 0 Å². The molecule has 2 rings (SSSR count). The smallest absolute Gasteiger partial charge is 0.129 e. The minimum absolute atomic E-state index is 0.0867. The van der Waals surface area contributed by atoms with Gasteiger partial charge in [-0.3, -0.25) is 0 Å². The van der Waals surface area contributed by atoms with E-state index in [0.717, 1.165) is 19.0 Å². The number of nitrogens with one attached hydrogen (secondary N) is 1. The van der Waals surface area contributed by atoms with Gasteiger partial charge in [-0.15, -0.1) is 0 Å². The van der Waals surface area contributed by atoms with Crippen LogP contribution in [-0.2, 0) is 6.42 Å². The second kappa shape index (κ2) is 5.79. The molecule has 1 aromatic rings. The highest BCUT2D eigenvalue weighted by atomic mass is 19.1. The molecule has 1 unspecified atom stereocenters. The van der Waals surface area contributed by atoms with Crippen molar-refractivity contribution in [1.29, 1.82) is 0 Å². The van der Waals surface area contributed by atoms with Crippen molar-refractivity contribution in [2.45, 2.75) is 51.5 Å². The molecule has 1 fully saturated rings. The fourth-order valence-electron chi connectivity index (χ4n) is 2.58. The Kier molecular flexibility index (Phi) is 4.33. The van der Waals surface area contributed by atoms with E-state index in [0.29, 0.717) is 23.6 Å². The predicted molar refractivity (Wildman–Crippen MR) is 69.8 cm³/mol. The highest BCUT2D eigenvalue weighted by Crippen LogP contribution is 2.24. The summed E-state index contributed by atoms with van der Waals surface area (Å²) in [6.45, 7) is 4.86. The number of piperidine rings is 1. The highest BCUT2D eigenvalue weighted by molar-refractivity contribution is 5.29. The van der Waals surface area contributed by atoms with Gasteiger partial charge in [-0.1, -0.05) is 20.3 Å². The summed E-state index contributed by atoms with van der Waals surface area (Å²) in [6, 6.07) is 3.07. The molecule has 0 radical (unpaired) electrons. The average molecular weight is 253 g/mol. The molecule has 1 atom stereocenters. The highest BCUT2D eigenvalue weighted by Gasteiger charge is 2.18. The molecule has 1 aliphatic rings. The zero-order valence-corrected chi connectivity index (χ0v) is 11.1. The molecule has 0 aliphatic carbocycles. The first-order valence-electron chi connectivity index (χ1n) is 6.79. The van der Waals surface area contributed by atoms with E-state index in [4.69, 9.17) is 0 Å². The molecule has 0 bridgehead atoms. The van der Waals surface area contributed by atoms with Gasteiger partial charge in [-0.25, -0.2) is 8.78 Å². The number of hydrogen-bond acceptors (Lipinski definition) is 1. The monoisotopic (exact) mass is 253 g/mol. The lowest BCUT2D eigenvalue weighted by Crippen LogP contribution is -2.35. The van der Waals surface area contributed by atoms with Crippen molar-refractivity contribution in [3.05, 3.63) is 34.9 Å². The van der Waals surface area contributed by atoms with Crippen LogP contribution in [-0.4, -0.2) is 12.6 Å². The Morgan fingerprint density at radius 1 is 1.22 bits per heavy atom. The molecule has 0 aromatic heterocycles. The molecule has 0 saturated carbocycles. The van der Waals surface area contributed by atoms with E-state index in [2.05, 4.69) is 5.32 Å². The molecule has 100 valence electrons. The molecule has 3 heteroatoms. The first-order chi connectivity index (χ1) is 8.58. The van der Waals surface area contributed by atoms with Gasteiger partial charge in [0.25, 0.3) is 0 Å². The van der Waals surface area contributed by atoms with Gasteiger partial charge >= 0.3 is 0 Å². The Balaban J connectivity index is 2.18. The van der Waals surface area contributed by atoms with Gasteiger partial charge < -0.3 is 5.32 Å². The van der Waals surface area contributed by atoms with Gasteiger partial charge in [0.05, 0.1) is 0 Å². The summed E-state index contributed by atoms with van der Waals surface area (Å²) in [5.41, 5.74) is 1.25. The topological polar surface area (TPSA) is 12.0 Å². The van der Waals surface area contributed by atoms with E-state index in [-0.39, 0.29) is 5.92 Å². The lowest BCUT2D eigenvalue weighted by Gasteiger charge is -2.24. The van der Waals surface area contributed by atoms with Gasteiger partial charge in [0.2, 0.25) is 0 Å². The lowest BCUT2D eigenvalue weighted by molar-refractivity contribution is 0.394. The Labute approximate surface area is 108 Å². The van der Waals surface area contributed by atoms with Crippen LogP contribution in [0.15, 0.2) is 12.1 Å². The van der Waals surface area contributed by atoms with Crippen molar-refractivity contribution in [1.82, 2.24) is 5.32 Å². The molecule has 18 heavy (non-hydrogen) atoms. The first kappa shape index (κ1) is 13.5. The van der Waals surface area contributed by atoms with E-state index in [1.165, 1.54) is 12.8 Å². The zero-order chi connectivity index (χ0) is 13.1. The Morgan fingerprint density at radius 3 is 2.61 bits per heavy atom. The van der Waals surface area contributed by atoms with Crippen LogP contribution >= 0.6 is 0 Å². The van der Waals surface area contributed by atoms with Crippen molar-refractivity contribution in [2.24, 2.45) is 0 Å². The molecule has 1 heterocycles. The lowest BCUT2D eigenvalue weighted by atomic mass is 9.94. The molecule has 1 saturated heterocycles. The largest absolute Gasteiger partial charge is 0.314 e. The molecule has 0 amide bonds. The fraction of sp³-hybridized carbons (Fsp3) is 0.600. The number of benzene rings is 1. The minimum atomic E-state index is -0.428. The first-order valence-corrected chi connectivity index (χ1v) is 6.79. The molecule has 1 aliphatic heterocycles. The van der Waals surface area contributed by atoms with Gasteiger partial charge in [0.1, 0.15) is 11.6 Å². The van der Waals surface area contributed by atoms with Gasteiger partial charge in [0, 0.05) is 12.1 Å². The summed E-state index contributed by atoms with van der Waals surface area (Å²) in [4.78, 5) is 0. The fourth-order valence-corrected chi connectivity index (χ4v) is 2.58. The molecule has 1 aromatic carbocycles. The van der Waals surface area contributed by atoms with Crippen molar-refractivity contribution in [3.63, 3.8) is 0 Å². The second-order valence-corrected chi connectivity index (χ2v) is 5.47. The normalized spacial score (nSPS) is 20.4. The average Bonchev–Trinajstić information content (AvgIpc) is 2.33. The second-order valence-electron chi connectivity index (χ2n) is 5.47. The summed E-state index contributed by atoms with van der Waals surface area (Å²) in [6.07, 6.45) is 4.12. The van der Waals surface area contributed by atoms with Crippen LogP contribution in [0.4, 0.5) is 8.78 Å². The van der Waals surface area contributed by atoms with Crippen LogP contribution in [0, 0.1) is 11.6 Å². The third-order valence-electron chi connectivity index (χ3n) is 3.67. The van der Waals surface area contributed by atoms with Crippen LogP contribution in [0.5, 0.6) is 0 Å². The predicted octanol–water partition coefficient (Wildman–Crippen LogP) is 3.77. The van der Waals surface area contributed by atoms with Crippen LogP contribution in [0.1, 0.15) is 50.2 Å². The van der Waals surface area contributed by atoms with Gasteiger partial charge in [-0.05, 0) is 48.9 Å². The van der Waals surface area contributed by atoms with E-state index in [1.54, 1.807) is 6.07 Å². The minimum Gasteiger partial charge on any atom is -0.314 e. The van der Waals surface area contributed by atoms with Crippen LogP contribution in [0.2, 0.25) is 0 Å². The third kappa shape index (κ3) is 3.08. The summed E-state index contributed by atoms with van der Waals surface area (Å²) in [5.74, 6) is -0.754. The van der Waals surface area contributed by atoms with E-state index in [1.807, 2.05) is 13.8 Å². The molecule has 1 nitrogen and oxygen atoms in total. The Hall–Kier alpha value is -0.960. The quantitative estimate of drug-likeness (QED) is 0.864. The van der Waals surface area contributed by atoms with Gasteiger partial charge in [0.15, 0.2) is 0 Å². The van der Waals surface area contributed by atoms with Crippen molar-refractivity contribution in [3.8, 4) is 0 Å². The van der Waals surface area contributed by atoms with E-state index >= 15 is 0 Å². The summed E-state index contributed by atoms with van der Waals surface area (Å²) < 4.78 is 27.4. The number of halogens is 2. The van der Waals surface area contributed by atoms with Gasteiger partial charge in [-0.2, -0.15) is 0 Å². The van der Waals surface area contributed by atoms with E-state index in [9.17, 15) is 8.78 Å². The summed E-state index contributed by atoms with van der Waals surface area (Å²) in [7, 11) is 0. The molecule has 1 N–H and O–H groups in total. The molecule has 0 spiro atoms. The standard InChI is InChI=1S/C15H21F2N/c1-10(2)13-8-11(14(16)9-15(13)17)7-12-5-3-4-6-18-12/h8-10,12,18H,3-7H2,1-2H3. The number of rotatable bonds is 3. The maximum atomic E-state index is 13.8. The molecular formula is C15H21F2N.